The standard InChI is InChI=1S/C14H18N4O3S/c1-4-22-9(2)13-16-12(21-17-13)8-18(3)11-7-5-6-10(15-11)14(19)20/h5-7,9H,4,8H2,1-3H3,(H,19,20). The van der Waals surface area contributed by atoms with Gasteiger partial charge in [-0.3, -0.25) is 0 Å². The third-order valence-corrected chi connectivity index (χ3v) is 4.03. The number of aromatic nitrogens is 3. The molecule has 0 radical (unpaired) electrons. The van der Waals surface area contributed by atoms with Crippen molar-refractivity contribution < 1.29 is 14.4 Å². The van der Waals surface area contributed by atoms with Crippen LogP contribution in [0.1, 0.15) is 41.3 Å². The number of nitrogens with zero attached hydrogens (tertiary/aromatic N) is 4. The summed E-state index contributed by atoms with van der Waals surface area (Å²) in [6.07, 6.45) is 0. The van der Waals surface area contributed by atoms with Gasteiger partial charge < -0.3 is 14.5 Å². The Morgan fingerprint density at radius 3 is 2.91 bits per heavy atom. The van der Waals surface area contributed by atoms with Crippen LogP contribution in [0, 0.1) is 0 Å². The van der Waals surface area contributed by atoms with Crippen molar-refractivity contribution in [3.8, 4) is 0 Å². The highest BCUT2D eigenvalue weighted by molar-refractivity contribution is 7.99. The third kappa shape index (κ3) is 3.97. The largest absolute Gasteiger partial charge is 0.477 e. The van der Waals surface area contributed by atoms with E-state index in [0.29, 0.717) is 24.1 Å². The fourth-order valence-electron chi connectivity index (χ4n) is 1.86. The Labute approximate surface area is 132 Å². The van der Waals surface area contributed by atoms with Gasteiger partial charge in [-0.15, -0.1) is 0 Å². The Kier molecular flexibility index (Phi) is 5.37. The molecular weight excluding hydrogens is 304 g/mol. The van der Waals surface area contributed by atoms with Gasteiger partial charge in [-0.2, -0.15) is 16.7 Å². The van der Waals surface area contributed by atoms with Crippen LogP contribution in [0.5, 0.6) is 0 Å². The maximum absolute atomic E-state index is 10.9. The minimum atomic E-state index is -1.05. The lowest BCUT2D eigenvalue weighted by molar-refractivity contribution is 0.0690. The molecule has 0 bridgehead atoms. The smallest absolute Gasteiger partial charge is 0.354 e. The van der Waals surface area contributed by atoms with E-state index in [1.807, 2.05) is 6.92 Å². The maximum Gasteiger partial charge on any atom is 0.354 e. The van der Waals surface area contributed by atoms with E-state index in [1.165, 1.54) is 6.07 Å². The van der Waals surface area contributed by atoms with Gasteiger partial charge in [0.15, 0.2) is 11.5 Å². The molecule has 1 N–H and O–H groups in total. The Morgan fingerprint density at radius 2 is 2.23 bits per heavy atom. The van der Waals surface area contributed by atoms with Crippen LogP contribution in [-0.4, -0.2) is 39.0 Å². The Hall–Kier alpha value is -2.09. The number of aromatic carboxylic acids is 1. The van der Waals surface area contributed by atoms with Gasteiger partial charge in [-0.25, -0.2) is 9.78 Å². The van der Waals surface area contributed by atoms with E-state index >= 15 is 0 Å². The number of hydrogen-bond acceptors (Lipinski definition) is 7. The average Bonchev–Trinajstić information content (AvgIpc) is 2.96. The second-order valence-corrected chi connectivity index (χ2v) is 6.30. The monoisotopic (exact) mass is 322 g/mol. The van der Waals surface area contributed by atoms with E-state index in [4.69, 9.17) is 9.63 Å². The first-order valence-corrected chi connectivity index (χ1v) is 7.91. The molecule has 0 aliphatic rings. The van der Waals surface area contributed by atoms with Gasteiger partial charge in [0.05, 0.1) is 11.8 Å². The molecule has 0 amide bonds. The van der Waals surface area contributed by atoms with Gasteiger partial charge in [0.2, 0.25) is 5.89 Å². The SMILES string of the molecule is CCSC(C)c1noc(CN(C)c2cccc(C(=O)O)n2)n1. The van der Waals surface area contributed by atoms with E-state index in [2.05, 4.69) is 22.0 Å². The summed E-state index contributed by atoms with van der Waals surface area (Å²) in [5.41, 5.74) is 0.00327. The lowest BCUT2D eigenvalue weighted by atomic mass is 10.3. The molecule has 0 aliphatic heterocycles. The fraction of sp³-hybridized carbons (Fsp3) is 0.429. The molecule has 22 heavy (non-hydrogen) atoms. The van der Waals surface area contributed by atoms with E-state index < -0.39 is 5.97 Å². The second-order valence-electron chi connectivity index (χ2n) is 4.69. The van der Waals surface area contributed by atoms with Crippen LogP contribution in [0.4, 0.5) is 5.82 Å². The fourth-order valence-corrected chi connectivity index (χ4v) is 2.61. The van der Waals surface area contributed by atoms with Crippen molar-refractivity contribution in [3.63, 3.8) is 0 Å². The van der Waals surface area contributed by atoms with Crippen LogP contribution >= 0.6 is 11.8 Å². The molecule has 2 rings (SSSR count). The molecule has 7 nitrogen and oxygen atoms in total. The summed E-state index contributed by atoms with van der Waals surface area (Å²) >= 11 is 1.74. The zero-order valence-electron chi connectivity index (χ0n) is 12.7. The molecule has 0 spiro atoms. The predicted octanol–water partition coefficient (Wildman–Crippen LogP) is 2.61. The van der Waals surface area contributed by atoms with Crippen LogP contribution in [0.3, 0.4) is 0 Å². The number of rotatable bonds is 7. The molecule has 1 atom stereocenters. The Morgan fingerprint density at radius 1 is 1.45 bits per heavy atom. The Balaban J connectivity index is 2.07. The van der Waals surface area contributed by atoms with Crippen LogP contribution in [0.15, 0.2) is 22.7 Å². The molecule has 2 heterocycles. The number of anilines is 1. The summed E-state index contributed by atoms with van der Waals surface area (Å²) in [4.78, 5) is 21.2. The summed E-state index contributed by atoms with van der Waals surface area (Å²) in [6.45, 7) is 4.48. The number of carboxylic acids is 1. The molecule has 0 fully saturated rings. The summed E-state index contributed by atoms with van der Waals surface area (Å²) in [5, 5.41) is 13.1. The summed E-state index contributed by atoms with van der Waals surface area (Å²) < 4.78 is 5.24. The highest BCUT2D eigenvalue weighted by Gasteiger charge is 2.16. The van der Waals surface area contributed by atoms with Crippen molar-refractivity contribution in [2.45, 2.75) is 25.6 Å². The van der Waals surface area contributed by atoms with Gasteiger partial charge in [-0.05, 0) is 24.8 Å². The van der Waals surface area contributed by atoms with Crippen molar-refractivity contribution >= 4 is 23.5 Å². The molecule has 1 unspecified atom stereocenters. The number of pyridine rings is 1. The van der Waals surface area contributed by atoms with Crippen LogP contribution in [0.2, 0.25) is 0 Å². The minimum absolute atomic E-state index is 0.00327. The third-order valence-electron chi connectivity index (χ3n) is 2.98. The van der Waals surface area contributed by atoms with E-state index in [-0.39, 0.29) is 10.9 Å². The summed E-state index contributed by atoms with van der Waals surface area (Å²) in [5.74, 6) is 1.61. The predicted molar refractivity (Wildman–Crippen MR) is 84.1 cm³/mol. The van der Waals surface area contributed by atoms with Gasteiger partial charge in [0, 0.05) is 7.05 Å². The zero-order valence-corrected chi connectivity index (χ0v) is 13.5. The molecule has 2 aromatic rings. The van der Waals surface area contributed by atoms with Crippen molar-refractivity contribution in [3.05, 3.63) is 35.6 Å². The molecule has 0 saturated heterocycles. The van der Waals surface area contributed by atoms with Crippen molar-refractivity contribution in [2.24, 2.45) is 0 Å². The normalized spacial score (nSPS) is 12.1. The van der Waals surface area contributed by atoms with Gasteiger partial charge in [0.25, 0.3) is 0 Å². The average molecular weight is 322 g/mol. The van der Waals surface area contributed by atoms with Gasteiger partial charge in [0.1, 0.15) is 5.82 Å². The molecule has 118 valence electrons. The van der Waals surface area contributed by atoms with Gasteiger partial charge >= 0.3 is 5.97 Å². The minimum Gasteiger partial charge on any atom is -0.477 e. The first-order chi connectivity index (χ1) is 10.5. The van der Waals surface area contributed by atoms with Crippen LogP contribution in [0.25, 0.3) is 0 Å². The number of carbonyl (C=O) groups is 1. The molecule has 0 aliphatic carbocycles. The molecule has 0 saturated carbocycles. The second kappa shape index (κ2) is 7.26. The first-order valence-electron chi connectivity index (χ1n) is 6.86. The Bertz CT molecular complexity index is 647. The zero-order chi connectivity index (χ0) is 16.1. The highest BCUT2D eigenvalue weighted by Crippen LogP contribution is 2.25. The van der Waals surface area contributed by atoms with E-state index in [0.717, 1.165) is 5.75 Å². The van der Waals surface area contributed by atoms with E-state index in [9.17, 15) is 4.79 Å². The number of hydrogen-bond donors (Lipinski definition) is 1. The molecule has 8 heteroatoms. The quantitative estimate of drug-likeness (QED) is 0.831. The highest BCUT2D eigenvalue weighted by atomic mass is 32.2. The van der Waals surface area contributed by atoms with Crippen LogP contribution in [-0.2, 0) is 6.54 Å². The first kappa shape index (κ1) is 16.3. The van der Waals surface area contributed by atoms with Crippen molar-refractivity contribution in [2.75, 3.05) is 17.7 Å². The van der Waals surface area contributed by atoms with Crippen molar-refractivity contribution in [1.82, 2.24) is 15.1 Å². The maximum atomic E-state index is 10.9. The lowest BCUT2D eigenvalue weighted by Gasteiger charge is -2.15. The molecular formula is C14H18N4O3S. The summed E-state index contributed by atoms with van der Waals surface area (Å²) in [6, 6.07) is 4.84. The number of thioether (sulfide) groups is 1. The lowest BCUT2D eigenvalue weighted by Crippen LogP contribution is -2.19. The van der Waals surface area contributed by atoms with Crippen LogP contribution < -0.4 is 4.90 Å². The summed E-state index contributed by atoms with van der Waals surface area (Å²) in [7, 11) is 1.79. The van der Waals surface area contributed by atoms with Gasteiger partial charge in [-0.1, -0.05) is 18.1 Å². The topological polar surface area (TPSA) is 92.4 Å². The number of carboxylic acid groups (broad SMARTS) is 1. The molecule has 2 aromatic heterocycles. The van der Waals surface area contributed by atoms with Crippen molar-refractivity contribution in [1.29, 1.82) is 0 Å². The molecule has 0 aromatic carbocycles. The van der Waals surface area contributed by atoms with E-state index in [1.54, 1.807) is 35.8 Å².